The Balaban J connectivity index is 1.47. The molecule has 3 aromatic rings. The van der Waals surface area contributed by atoms with Crippen LogP contribution in [-0.2, 0) is 24.3 Å². The third-order valence-electron chi connectivity index (χ3n) is 4.65. The third kappa shape index (κ3) is 4.20. The second kappa shape index (κ2) is 7.82. The van der Waals surface area contributed by atoms with Crippen LogP contribution in [0.3, 0.4) is 0 Å². The first-order valence-electron chi connectivity index (χ1n) is 9.16. The van der Waals surface area contributed by atoms with Gasteiger partial charge >= 0.3 is 0 Å². The summed E-state index contributed by atoms with van der Waals surface area (Å²) in [6, 6.07) is 14.1. The van der Waals surface area contributed by atoms with E-state index in [1.54, 1.807) is 12.1 Å². The van der Waals surface area contributed by atoms with Crippen LogP contribution in [0, 0.1) is 5.82 Å². The Kier molecular flexibility index (Phi) is 5.08. The first-order valence-corrected chi connectivity index (χ1v) is 9.16. The summed E-state index contributed by atoms with van der Waals surface area (Å²) in [6.07, 6.45) is 0.762. The zero-order chi connectivity index (χ0) is 19.5. The van der Waals surface area contributed by atoms with E-state index in [9.17, 15) is 9.18 Å². The molecule has 0 unspecified atom stereocenters. The van der Waals surface area contributed by atoms with Gasteiger partial charge in [0, 0.05) is 44.4 Å². The Labute approximate surface area is 162 Å². The van der Waals surface area contributed by atoms with Gasteiger partial charge in [0.1, 0.15) is 11.6 Å². The number of nitrogens with one attached hydrogen (secondary N) is 2. The van der Waals surface area contributed by atoms with Crippen LogP contribution < -0.4 is 10.6 Å². The summed E-state index contributed by atoms with van der Waals surface area (Å²) in [7, 11) is 0. The van der Waals surface area contributed by atoms with Crippen molar-refractivity contribution in [3.63, 3.8) is 0 Å². The highest BCUT2D eigenvalue weighted by atomic mass is 19.1. The molecule has 144 valence electrons. The number of amides is 1. The van der Waals surface area contributed by atoms with Gasteiger partial charge in [-0.15, -0.1) is 0 Å². The largest absolute Gasteiger partial charge is 0.359 e. The van der Waals surface area contributed by atoms with Gasteiger partial charge in [-0.05, 0) is 35.9 Å². The molecule has 0 fully saturated rings. The molecule has 0 radical (unpaired) electrons. The molecule has 0 saturated heterocycles. The van der Waals surface area contributed by atoms with Crippen molar-refractivity contribution in [3.05, 3.63) is 71.2 Å². The van der Waals surface area contributed by atoms with E-state index in [0.717, 1.165) is 42.1 Å². The molecular formula is C21H21FN4O2. The Hall–Kier alpha value is -3.19. The molecule has 4 rings (SSSR count). The summed E-state index contributed by atoms with van der Waals surface area (Å²) in [5, 5.41) is 10.1. The monoisotopic (exact) mass is 380 g/mol. The molecule has 0 aliphatic carbocycles. The van der Waals surface area contributed by atoms with Gasteiger partial charge in [0.15, 0.2) is 5.82 Å². The quantitative estimate of drug-likeness (QED) is 0.698. The van der Waals surface area contributed by atoms with Crippen molar-refractivity contribution in [2.24, 2.45) is 0 Å². The summed E-state index contributed by atoms with van der Waals surface area (Å²) in [4.78, 5) is 13.6. The second-order valence-corrected chi connectivity index (χ2v) is 6.91. The zero-order valence-corrected chi connectivity index (χ0v) is 15.5. The van der Waals surface area contributed by atoms with Gasteiger partial charge in [-0.3, -0.25) is 9.69 Å². The molecule has 1 aromatic heterocycles. The van der Waals surface area contributed by atoms with Crippen LogP contribution >= 0.6 is 0 Å². The van der Waals surface area contributed by atoms with Gasteiger partial charge in [0.2, 0.25) is 5.91 Å². The van der Waals surface area contributed by atoms with Crippen molar-refractivity contribution >= 4 is 23.1 Å². The van der Waals surface area contributed by atoms with Gasteiger partial charge in [-0.25, -0.2) is 4.39 Å². The molecule has 2 aromatic carbocycles. The number of carbonyl (C=O) groups excluding carboxylic acids is 1. The van der Waals surface area contributed by atoms with Crippen molar-refractivity contribution in [1.82, 2.24) is 10.1 Å². The Morgan fingerprint density at radius 2 is 2.04 bits per heavy atom. The number of aromatic nitrogens is 1. The zero-order valence-electron chi connectivity index (χ0n) is 15.5. The number of nitrogens with zero attached hydrogens (tertiary/aromatic N) is 2. The first kappa shape index (κ1) is 18.2. The predicted octanol–water partition coefficient (Wildman–Crippen LogP) is 4.07. The Morgan fingerprint density at radius 3 is 2.86 bits per heavy atom. The second-order valence-electron chi connectivity index (χ2n) is 6.91. The molecule has 28 heavy (non-hydrogen) atoms. The maximum atomic E-state index is 13.4. The Bertz CT molecular complexity index is 1000. The topological polar surface area (TPSA) is 70.4 Å². The number of benzene rings is 2. The fourth-order valence-electron chi connectivity index (χ4n) is 3.41. The lowest BCUT2D eigenvalue weighted by molar-refractivity contribution is -0.114. The Morgan fingerprint density at radius 1 is 1.21 bits per heavy atom. The van der Waals surface area contributed by atoms with E-state index in [0.29, 0.717) is 18.1 Å². The minimum atomic E-state index is -0.303. The van der Waals surface area contributed by atoms with E-state index in [2.05, 4.69) is 20.7 Å². The number of hydrogen-bond donors (Lipinski definition) is 2. The molecule has 7 heteroatoms. The summed E-state index contributed by atoms with van der Waals surface area (Å²) >= 11 is 0. The van der Waals surface area contributed by atoms with Crippen LogP contribution in [0.4, 0.5) is 21.6 Å². The van der Waals surface area contributed by atoms with Crippen LogP contribution in [-0.4, -0.2) is 22.5 Å². The molecule has 0 atom stereocenters. The van der Waals surface area contributed by atoms with E-state index in [1.165, 1.54) is 19.1 Å². The summed E-state index contributed by atoms with van der Waals surface area (Å²) in [6.45, 7) is 3.78. The highest BCUT2D eigenvalue weighted by Gasteiger charge is 2.24. The summed E-state index contributed by atoms with van der Waals surface area (Å²) in [5.41, 5.74) is 3.54. The standard InChI is InChI=1S/C21H21FN4O2/c1-14(27)23-17-6-2-4-15(10-17)12-26-9-8-20-19(13-26)21(25-28-20)24-18-7-3-5-16(22)11-18/h2-7,10-11H,8-9,12-13H2,1H3,(H,23,27)(H,24,25). The van der Waals surface area contributed by atoms with E-state index < -0.39 is 0 Å². The van der Waals surface area contributed by atoms with Crippen molar-refractivity contribution in [1.29, 1.82) is 0 Å². The number of halogens is 1. The average molecular weight is 380 g/mol. The molecule has 2 N–H and O–H groups in total. The minimum Gasteiger partial charge on any atom is -0.359 e. The van der Waals surface area contributed by atoms with Gasteiger partial charge in [-0.2, -0.15) is 0 Å². The van der Waals surface area contributed by atoms with Gasteiger partial charge in [0.25, 0.3) is 0 Å². The minimum absolute atomic E-state index is 0.0858. The van der Waals surface area contributed by atoms with Crippen molar-refractivity contribution in [2.45, 2.75) is 26.4 Å². The average Bonchev–Trinajstić information content (AvgIpc) is 3.04. The normalized spacial score (nSPS) is 13.8. The first-order chi connectivity index (χ1) is 13.6. The number of fused-ring (bicyclic) bond motifs is 1. The molecule has 2 heterocycles. The van der Waals surface area contributed by atoms with Crippen molar-refractivity contribution in [3.8, 4) is 0 Å². The molecule has 1 aliphatic heterocycles. The molecule has 1 aliphatic rings. The summed E-state index contributed by atoms with van der Waals surface area (Å²) in [5.74, 6) is 1.10. The molecular weight excluding hydrogens is 359 g/mol. The van der Waals surface area contributed by atoms with Gasteiger partial charge in [-0.1, -0.05) is 23.4 Å². The third-order valence-corrected chi connectivity index (χ3v) is 4.65. The fourth-order valence-corrected chi connectivity index (χ4v) is 3.41. The molecule has 1 amide bonds. The van der Waals surface area contributed by atoms with Crippen molar-refractivity contribution < 1.29 is 13.7 Å². The van der Waals surface area contributed by atoms with E-state index in [4.69, 9.17) is 4.52 Å². The van der Waals surface area contributed by atoms with Crippen LogP contribution in [0.5, 0.6) is 0 Å². The number of hydrogen-bond acceptors (Lipinski definition) is 5. The van der Waals surface area contributed by atoms with Crippen LogP contribution in [0.1, 0.15) is 23.8 Å². The van der Waals surface area contributed by atoms with Gasteiger partial charge < -0.3 is 15.2 Å². The summed E-state index contributed by atoms with van der Waals surface area (Å²) < 4.78 is 18.9. The molecule has 6 nitrogen and oxygen atoms in total. The maximum Gasteiger partial charge on any atom is 0.221 e. The fraction of sp³-hybridized carbons (Fsp3) is 0.238. The highest BCUT2D eigenvalue weighted by Crippen LogP contribution is 2.29. The SMILES string of the molecule is CC(=O)Nc1cccc(CN2CCc3onc(Nc4cccc(F)c4)c3C2)c1. The van der Waals surface area contributed by atoms with E-state index in [1.807, 2.05) is 24.3 Å². The van der Waals surface area contributed by atoms with Gasteiger partial charge in [0.05, 0.1) is 5.56 Å². The number of carbonyl (C=O) groups is 1. The lowest BCUT2D eigenvalue weighted by Crippen LogP contribution is -2.29. The molecule has 0 spiro atoms. The number of anilines is 3. The molecule has 0 saturated carbocycles. The smallest absolute Gasteiger partial charge is 0.221 e. The van der Waals surface area contributed by atoms with Crippen molar-refractivity contribution in [2.75, 3.05) is 17.2 Å². The van der Waals surface area contributed by atoms with Crippen LogP contribution in [0.2, 0.25) is 0 Å². The van der Waals surface area contributed by atoms with Crippen LogP contribution in [0.25, 0.3) is 0 Å². The maximum absolute atomic E-state index is 13.4. The highest BCUT2D eigenvalue weighted by molar-refractivity contribution is 5.88. The van der Waals surface area contributed by atoms with E-state index in [-0.39, 0.29) is 11.7 Å². The van der Waals surface area contributed by atoms with Crippen LogP contribution in [0.15, 0.2) is 53.1 Å². The molecule has 0 bridgehead atoms. The van der Waals surface area contributed by atoms with E-state index >= 15 is 0 Å². The predicted molar refractivity (Wildman–Crippen MR) is 105 cm³/mol. The lowest BCUT2D eigenvalue weighted by Gasteiger charge is -2.26. The number of rotatable bonds is 5. The lowest BCUT2D eigenvalue weighted by atomic mass is 10.1.